The van der Waals surface area contributed by atoms with Gasteiger partial charge in [-0.2, -0.15) is 0 Å². The molecule has 0 aromatic heterocycles. The highest BCUT2D eigenvalue weighted by molar-refractivity contribution is 5.80. The number of ether oxygens (including phenoxy) is 2. The van der Waals surface area contributed by atoms with Crippen LogP contribution < -0.4 is 4.74 Å². The number of benzene rings is 2. The first-order valence-corrected chi connectivity index (χ1v) is 6.37. The van der Waals surface area contributed by atoms with Gasteiger partial charge in [0, 0.05) is 11.1 Å². The van der Waals surface area contributed by atoms with Gasteiger partial charge in [0.15, 0.2) is 0 Å². The van der Waals surface area contributed by atoms with E-state index in [1.165, 1.54) is 6.07 Å². The Balaban J connectivity index is 1.68. The fraction of sp³-hybridized carbons (Fsp3) is 0.188. The van der Waals surface area contributed by atoms with E-state index >= 15 is 0 Å². The molecule has 4 heteroatoms. The van der Waals surface area contributed by atoms with Crippen molar-refractivity contribution in [3.05, 3.63) is 65.5 Å². The maximum absolute atomic E-state index is 13.4. The molecular weight excluding hydrogens is 259 g/mol. The summed E-state index contributed by atoms with van der Waals surface area (Å²) in [6.07, 6.45) is 0. The van der Waals surface area contributed by atoms with Gasteiger partial charge in [0.05, 0.1) is 0 Å². The van der Waals surface area contributed by atoms with Crippen molar-refractivity contribution in [3.63, 3.8) is 0 Å². The Labute approximate surface area is 115 Å². The largest absolute Gasteiger partial charge is 0.492 e. The third-order valence-corrected chi connectivity index (χ3v) is 3.31. The first-order chi connectivity index (χ1) is 9.75. The van der Waals surface area contributed by atoms with Crippen LogP contribution in [0.4, 0.5) is 4.39 Å². The maximum atomic E-state index is 13.4. The summed E-state index contributed by atoms with van der Waals surface area (Å²) in [6.45, 7) is 0.208. The predicted molar refractivity (Wildman–Crippen MR) is 70.9 cm³/mol. The Bertz CT molecular complexity index is 639. The molecule has 1 aliphatic heterocycles. The van der Waals surface area contributed by atoms with Gasteiger partial charge in [-0.05, 0) is 12.1 Å². The number of hydrogen-bond donors (Lipinski definition) is 0. The van der Waals surface area contributed by atoms with Gasteiger partial charge in [-0.3, -0.25) is 4.79 Å². The van der Waals surface area contributed by atoms with E-state index in [-0.39, 0.29) is 19.0 Å². The molecule has 0 saturated carbocycles. The second-order valence-corrected chi connectivity index (χ2v) is 4.60. The smallest absolute Gasteiger partial charge is 0.317 e. The minimum absolute atomic E-state index is 0.0653. The maximum Gasteiger partial charge on any atom is 0.317 e. The summed E-state index contributed by atoms with van der Waals surface area (Å²) in [5, 5.41) is 0. The van der Waals surface area contributed by atoms with Gasteiger partial charge >= 0.3 is 5.97 Å². The van der Waals surface area contributed by atoms with E-state index in [0.717, 1.165) is 5.56 Å². The molecular formula is C16H13FO3. The highest BCUT2D eigenvalue weighted by Crippen LogP contribution is 2.34. The van der Waals surface area contributed by atoms with E-state index in [2.05, 4.69) is 0 Å². The first kappa shape index (κ1) is 12.7. The van der Waals surface area contributed by atoms with Crippen LogP contribution in [0.25, 0.3) is 0 Å². The molecule has 1 heterocycles. The number of esters is 1. The summed E-state index contributed by atoms with van der Waals surface area (Å²) in [4.78, 5) is 12.1. The standard InChI is InChI=1S/C16H13FO3/c17-14-7-3-1-5-11(14)9-20-16(18)13-10-19-15-8-4-2-6-12(13)15/h1-8,13H,9-10H2. The minimum atomic E-state index is -0.432. The lowest BCUT2D eigenvalue weighted by molar-refractivity contribution is -0.147. The first-order valence-electron chi connectivity index (χ1n) is 6.37. The second kappa shape index (κ2) is 5.33. The zero-order valence-corrected chi connectivity index (χ0v) is 10.7. The van der Waals surface area contributed by atoms with Crippen molar-refractivity contribution in [2.24, 2.45) is 0 Å². The predicted octanol–water partition coefficient (Wildman–Crippen LogP) is 3.05. The van der Waals surface area contributed by atoms with Crippen molar-refractivity contribution < 1.29 is 18.7 Å². The summed E-state index contributed by atoms with van der Waals surface area (Å²) in [6, 6.07) is 13.6. The Hall–Kier alpha value is -2.36. The number of rotatable bonds is 3. The molecule has 0 N–H and O–H groups in total. The summed E-state index contributed by atoms with van der Waals surface area (Å²) >= 11 is 0. The van der Waals surface area contributed by atoms with E-state index in [0.29, 0.717) is 11.3 Å². The lowest BCUT2D eigenvalue weighted by Gasteiger charge is -2.10. The van der Waals surface area contributed by atoms with Crippen LogP contribution in [0.2, 0.25) is 0 Å². The van der Waals surface area contributed by atoms with Gasteiger partial charge < -0.3 is 9.47 Å². The van der Waals surface area contributed by atoms with Crippen LogP contribution in [-0.4, -0.2) is 12.6 Å². The van der Waals surface area contributed by atoms with Gasteiger partial charge in [-0.1, -0.05) is 36.4 Å². The second-order valence-electron chi connectivity index (χ2n) is 4.60. The molecule has 0 aliphatic carbocycles. The van der Waals surface area contributed by atoms with E-state index in [1.807, 2.05) is 24.3 Å². The van der Waals surface area contributed by atoms with Crippen molar-refractivity contribution in [3.8, 4) is 5.75 Å². The number of halogens is 1. The molecule has 0 saturated heterocycles. The fourth-order valence-electron chi connectivity index (χ4n) is 2.22. The Morgan fingerprint density at radius 1 is 1.20 bits per heavy atom. The minimum Gasteiger partial charge on any atom is -0.492 e. The average molecular weight is 272 g/mol. The zero-order chi connectivity index (χ0) is 13.9. The summed E-state index contributed by atoms with van der Waals surface area (Å²) in [7, 11) is 0. The number of para-hydroxylation sites is 1. The number of hydrogen-bond acceptors (Lipinski definition) is 3. The van der Waals surface area contributed by atoms with Crippen molar-refractivity contribution in [1.82, 2.24) is 0 Å². The van der Waals surface area contributed by atoms with E-state index in [9.17, 15) is 9.18 Å². The average Bonchev–Trinajstić information content (AvgIpc) is 2.90. The van der Waals surface area contributed by atoms with E-state index in [1.54, 1.807) is 18.2 Å². The summed E-state index contributed by atoms with van der Waals surface area (Å²) in [5.41, 5.74) is 1.19. The molecule has 1 unspecified atom stereocenters. The lowest BCUT2D eigenvalue weighted by Crippen LogP contribution is -2.17. The molecule has 0 radical (unpaired) electrons. The normalized spacial score (nSPS) is 16.4. The monoisotopic (exact) mass is 272 g/mol. The Morgan fingerprint density at radius 3 is 2.80 bits per heavy atom. The zero-order valence-electron chi connectivity index (χ0n) is 10.7. The molecule has 102 valence electrons. The van der Waals surface area contributed by atoms with Crippen LogP contribution in [-0.2, 0) is 16.1 Å². The van der Waals surface area contributed by atoms with Crippen LogP contribution >= 0.6 is 0 Å². The molecule has 3 nitrogen and oxygen atoms in total. The van der Waals surface area contributed by atoms with Crippen molar-refractivity contribution in [2.45, 2.75) is 12.5 Å². The molecule has 2 aromatic rings. The molecule has 1 atom stereocenters. The third-order valence-electron chi connectivity index (χ3n) is 3.31. The van der Waals surface area contributed by atoms with E-state index < -0.39 is 11.9 Å². The molecule has 0 bridgehead atoms. The highest BCUT2D eigenvalue weighted by atomic mass is 19.1. The molecule has 0 fully saturated rings. The molecule has 2 aromatic carbocycles. The van der Waals surface area contributed by atoms with Gasteiger partial charge in [0.1, 0.15) is 30.7 Å². The summed E-state index contributed by atoms with van der Waals surface area (Å²) in [5.74, 6) is -0.486. The Kier molecular flexibility index (Phi) is 3.37. The Morgan fingerprint density at radius 2 is 1.95 bits per heavy atom. The van der Waals surface area contributed by atoms with Crippen molar-refractivity contribution >= 4 is 5.97 Å². The molecule has 3 rings (SSSR count). The van der Waals surface area contributed by atoms with Gasteiger partial charge in [0.2, 0.25) is 0 Å². The highest BCUT2D eigenvalue weighted by Gasteiger charge is 2.31. The number of carbonyl (C=O) groups is 1. The van der Waals surface area contributed by atoms with Crippen LogP contribution in [0.15, 0.2) is 48.5 Å². The number of fused-ring (bicyclic) bond motifs is 1. The van der Waals surface area contributed by atoms with Crippen LogP contribution in [0.5, 0.6) is 5.75 Å². The fourth-order valence-corrected chi connectivity index (χ4v) is 2.22. The molecule has 0 amide bonds. The van der Waals surface area contributed by atoms with Gasteiger partial charge in [0.25, 0.3) is 0 Å². The van der Waals surface area contributed by atoms with Gasteiger partial charge in [-0.25, -0.2) is 4.39 Å². The topological polar surface area (TPSA) is 35.5 Å². The quantitative estimate of drug-likeness (QED) is 0.806. The van der Waals surface area contributed by atoms with Crippen LogP contribution in [0.1, 0.15) is 17.0 Å². The number of carbonyl (C=O) groups excluding carboxylic acids is 1. The van der Waals surface area contributed by atoms with Crippen molar-refractivity contribution in [2.75, 3.05) is 6.61 Å². The lowest BCUT2D eigenvalue weighted by atomic mass is 10.0. The summed E-state index contributed by atoms with van der Waals surface area (Å²) < 4.78 is 24.1. The van der Waals surface area contributed by atoms with Gasteiger partial charge in [-0.15, -0.1) is 0 Å². The van der Waals surface area contributed by atoms with Crippen molar-refractivity contribution in [1.29, 1.82) is 0 Å². The molecule has 0 spiro atoms. The molecule has 1 aliphatic rings. The molecule has 20 heavy (non-hydrogen) atoms. The van der Waals surface area contributed by atoms with Crippen LogP contribution in [0.3, 0.4) is 0 Å². The van der Waals surface area contributed by atoms with E-state index in [4.69, 9.17) is 9.47 Å². The SMILES string of the molecule is O=C(OCc1ccccc1F)C1COc2ccccc21. The third kappa shape index (κ3) is 2.37. The van der Waals surface area contributed by atoms with Crippen LogP contribution in [0, 0.1) is 5.82 Å².